The second-order valence-electron chi connectivity index (χ2n) is 1.41. The van der Waals surface area contributed by atoms with E-state index in [2.05, 4.69) is 9.97 Å². The van der Waals surface area contributed by atoms with Crippen LogP contribution in [0.4, 0.5) is 0 Å². The monoisotopic (exact) mass is 128 g/mol. The first kappa shape index (κ1) is 5.61. The number of carbonyl (C=O) groups is 1. The van der Waals surface area contributed by atoms with Gasteiger partial charge < -0.3 is 15.2 Å². The number of hydrogen-bond acceptors (Lipinski definition) is 3. The van der Waals surface area contributed by atoms with Crippen LogP contribution in [0.25, 0.3) is 0 Å². The molecule has 0 aliphatic heterocycles. The third kappa shape index (κ3) is 0.835. The van der Waals surface area contributed by atoms with Gasteiger partial charge in [0.1, 0.15) is 0 Å². The van der Waals surface area contributed by atoms with Crippen molar-refractivity contribution in [3.05, 3.63) is 12.0 Å². The molecule has 0 fully saturated rings. The Morgan fingerprint density at radius 2 is 2.44 bits per heavy atom. The number of imidazole rings is 1. The third-order valence-corrected chi connectivity index (χ3v) is 0.833. The van der Waals surface area contributed by atoms with Gasteiger partial charge in [-0.2, -0.15) is 0 Å². The van der Waals surface area contributed by atoms with Gasteiger partial charge in [0, 0.05) is 0 Å². The van der Waals surface area contributed by atoms with E-state index in [9.17, 15) is 4.79 Å². The summed E-state index contributed by atoms with van der Waals surface area (Å²) in [7, 11) is 0. The molecule has 0 aliphatic rings. The fourth-order valence-electron chi connectivity index (χ4n) is 0.444. The zero-order chi connectivity index (χ0) is 6.85. The quantitative estimate of drug-likeness (QED) is 0.489. The molecular formula is C4H4N2O3. The summed E-state index contributed by atoms with van der Waals surface area (Å²) in [4.78, 5) is 15.6. The lowest BCUT2D eigenvalue weighted by atomic mass is 10.5. The van der Waals surface area contributed by atoms with Crippen LogP contribution in [0.15, 0.2) is 6.33 Å². The Morgan fingerprint density at radius 3 is 2.67 bits per heavy atom. The van der Waals surface area contributed by atoms with E-state index >= 15 is 0 Å². The third-order valence-electron chi connectivity index (χ3n) is 0.833. The van der Waals surface area contributed by atoms with Crippen LogP contribution in [0.5, 0.6) is 5.88 Å². The number of H-pyrrole nitrogens is 1. The minimum absolute atomic E-state index is 0.282. The van der Waals surface area contributed by atoms with Crippen LogP contribution in [0.1, 0.15) is 10.5 Å². The van der Waals surface area contributed by atoms with Gasteiger partial charge in [0.15, 0.2) is 5.69 Å². The van der Waals surface area contributed by atoms with Gasteiger partial charge in [0.25, 0.3) is 0 Å². The van der Waals surface area contributed by atoms with Crippen molar-refractivity contribution in [3.8, 4) is 5.88 Å². The number of nitrogens with zero attached hydrogens (tertiary/aromatic N) is 1. The molecule has 0 aliphatic carbocycles. The van der Waals surface area contributed by atoms with E-state index in [0.29, 0.717) is 0 Å². The highest BCUT2D eigenvalue weighted by Crippen LogP contribution is 2.07. The summed E-state index contributed by atoms with van der Waals surface area (Å²) in [6.07, 6.45) is 1.11. The van der Waals surface area contributed by atoms with Crippen molar-refractivity contribution in [2.75, 3.05) is 0 Å². The molecule has 0 radical (unpaired) electrons. The Balaban J connectivity index is 3.08. The van der Waals surface area contributed by atoms with E-state index in [4.69, 9.17) is 10.2 Å². The summed E-state index contributed by atoms with van der Waals surface area (Å²) in [5.41, 5.74) is -0.282. The van der Waals surface area contributed by atoms with Crippen molar-refractivity contribution in [2.45, 2.75) is 0 Å². The average molecular weight is 128 g/mol. The number of hydrogen-bond donors (Lipinski definition) is 3. The first-order valence-electron chi connectivity index (χ1n) is 2.17. The standard InChI is InChI=1S/C4H4N2O3/c7-3-2(4(8)9)5-1-6-3/h1,7H,(H,5,6)(H,8,9). The second-order valence-corrected chi connectivity index (χ2v) is 1.41. The molecule has 5 nitrogen and oxygen atoms in total. The Hall–Kier alpha value is -1.52. The Bertz CT molecular complexity index is 229. The molecule has 0 saturated heterocycles. The molecule has 0 unspecified atom stereocenters. The van der Waals surface area contributed by atoms with Crippen LogP contribution in [0, 0.1) is 0 Å². The zero-order valence-corrected chi connectivity index (χ0v) is 4.33. The lowest BCUT2D eigenvalue weighted by Crippen LogP contribution is -1.95. The number of nitrogens with one attached hydrogen (secondary N) is 1. The van der Waals surface area contributed by atoms with Crippen LogP contribution in [-0.2, 0) is 0 Å². The molecule has 1 rings (SSSR count). The van der Waals surface area contributed by atoms with Crippen LogP contribution in [0.3, 0.4) is 0 Å². The highest BCUT2D eigenvalue weighted by molar-refractivity contribution is 5.87. The van der Waals surface area contributed by atoms with E-state index in [1.54, 1.807) is 0 Å². The molecule has 1 aromatic heterocycles. The van der Waals surface area contributed by atoms with E-state index in [0.717, 1.165) is 6.33 Å². The molecule has 1 heterocycles. The minimum Gasteiger partial charge on any atom is -0.492 e. The SMILES string of the molecule is O=C(O)c1[nH]cnc1O. The highest BCUT2D eigenvalue weighted by Gasteiger charge is 2.09. The van der Waals surface area contributed by atoms with Gasteiger partial charge in [0.2, 0.25) is 5.88 Å². The normalized spacial score (nSPS) is 9.33. The van der Waals surface area contributed by atoms with Gasteiger partial charge in [-0.1, -0.05) is 0 Å². The molecular weight excluding hydrogens is 124 g/mol. The van der Waals surface area contributed by atoms with E-state index < -0.39 is 11.8 Å². The topological polar surface area (TPSA) is 86.2 Å². The second kappa shape index (κ2) is 1.77. The first-order valence-corrected chi connectivity index (χ1v) is 2.17. The lowest BCUT2D eigenvalue weighted by molar-refractivity contribution is 0.0687. The van der Waals surface area contributed by atoms with E-state index in [-0.39, 0.29) is 5.69 Å². The predicted octanol–water partition coefficient (Wildman–Crippen LogP) is -0.187. The molecule has 0 saturated carbocycles. The van der Waals surface area contributed by atoms with Gasteiger partial charge in [-0.25, -0.2) is 9.78 Å². The highest BCUT2D eigenvalue weighted by atomic mass is 16.4. The van der Waals surface area contributed by atoms with Crippen molar-refractivity contribution in [2.24, 2.45) is 0 Å². The van der Waals surface area contributed by atoms with Crippen LogP contribution in [-0.4, -0.2) is 26.2 Å². The molecule has 5 heteroatoms. The molecule has 1 aromatic rings. The van der Waals surface area contributed by atoms with Crippen molar-refractivity contribution >= 4 is 5.97 Å². The number of aromatic nitrogens is 2. The van der Waals surface area contributed by atoms with Gasteiger partial charge in [-0.15, -0.1) is 0 Å². The van der Waals surface area contributed by atoms with Crippen LogP contribution in [0.2, 0.25) is 0 Å². The maximum Gasteiger partial charge on any atom is 0.358 e. The largest absolute Gasteiger partial charge is 0.492 e. The van der Waals surface area contributed by atoms with Gasteiger partial charge in [-0.3, -0.25) is 0 Å². The van der Waals surface area contributed by atoms with E-state index in [1.165, 1.54) is 0 Å². The first-order chi connectivity index (χ1) is 4.22. The molecule has 3 N–H and O–H groups in total. The minimum atomic E-state index is -1.22. The molecule has 0 amide bonds. The average Bonchev–Trinajstić information content (AvgIpc) is 2.13. The van der Waals surface area contributed by atoms with Gasteiger partial charge >= 0.3 is 5.97 Å². The van der Waals surface area contributed by atoms with E-state index in [1.807, 2.05) is 0 Å². The molecule has 0 bridgehead atoms. The summed E-state index contributed by atoms with van der Waals surface area (Å²) in [6, 6.07) is 0. The van der Waals surface area contributed by atoms with Crippen LogP contribution >= 0.6 is 0 Å². The number of aromatic amines is 1. The van der Waals surface area contributed by atoms with Crippen molar-refractivity contribution in [1.82, 2.24) is 9.97 Å². The number of carboxylic acids is 1. The van der Waals surface area contributed by atoms with Crippen molar-refractivity contribution in [3.63, 3.8) is 0 Å². The molecule has 0 atom stereocenters. The van der Waals surface area contributed by atoms with Gasteiger partial charge in [-0.05, 0) is 0 Å². The number of aromatic carboxylic acids is 1. The number of rotatable bonds is 1. The Labute approximate surface area is 50.0 Å². The molecule has 9 heavy (non-hydrogen) atoms. The number of carboxylic acid groups (broad SMARTS) is 1. The molecule has 48 valence electrons. The van der Waals surface area contributed by atoms with Gasteiger partial charge in [0.05, 0.1) is 6.33 Å². The fraction of sp³-hybridized carbons (Fsp3) is 0. The summed E-state index contributed by atoms with van der Waals surface area (Å²) in [6.45, 7) is 0. The van der Waals surface area contributed by atoms with Crippen molar-refractivity contribution < 1.29 is 15.0 Å². The fourth-order valence-corrected chi connectivity index (χ4v) is 0.444. The summed E-state index contributed by atoms with van der Waals surface area (Å²) < 4.78 is 0. The smallest absolute Gasteiger partial charge is 0.358 e. The maximum atomic E-state index is 10.1. The molecule has 0 spiro atoms. The maximum absolute atomic E-state index is 10.1. The lowest BCUT2D eigenvalue weighted by Gasteiger charge is -1.84. The number of aromatic hydroxyl groups is 1. The Morgan fingerprint density at radius 1 is 1.78 bits per heavy atom. The summed E-state index contributed by atoms with van der Waals surface area (Å²) in [5, 5.41) is 16.8. The molecule has 0 aromatic carbocycles. The predicted molar refractivity (Wildman–Crippen MR) is 27.2 cm³/mol. The zero-order valence-electron chi connectivity index (χ0n) is 4.33. The summed E-state index contributed by atoms with van der Waals surface area (Å²) in [5.74, 6) is -1.70. The Kier molecular flexibility index (Phi) is 1.11. The summed E-state index contributed by atoms with van der Waals surface area (Å²) >= 11 is 0. The van der Waals surface area contributed by atoms with Crippen LogP contribution < -0.4 is 0 Å². The van der Waals surface area contributed by atoms with Crippen molar-refractivity contribution in [1.29, 1.82) is 0 Å².